The standard InChI is InChI=1S/C27H22ClNO3/c1-31-26-14-12-20(17-22(26)19-32-27-10-3-2-9-24(27)28)11-13-25(30)21-7-6-8-23(18-21)29-15-4-5-16-29/h2-18H,19H2,1H3/b13-11+. The van der Waals surface area contributed by atoms with Crippen LogP contribution < -0.4 is 9.47 Å². The zero-order valence-corrected chi connectivity index (χ0v) is 18.3. The van der Waals surface area contributed by atoms with Crippen LogP contribution in [0, 0.1) is 0 Å². The predicted molar refractivity (Wildman–Crippen MR) is 128 cm³/mol. The highest BCUT2D eigenvalue weighted by Crippen LogP contribution is 2.27. The molecule has 160 valence electrons. The zero-order chi connectivity index (χ0) is 22.3. The lowest BCUT2D eigenvalue weighted by Gasteiger charge is -2.12. The van der Waals surface area contributed by atoms with Crippen LogP contribution in [0.4, 0.5) is 0 Å². The number of rotatable bonds is 8. The van der Waals surface area contributed by atoms with Crippen LogP contribution in [0.15, 0.2) is 97.3 Å². The summed E-state index contributed by atoms with van der Waals surface area (Å²) in [6, 6.07) is 24.5. The van der Waals surface area contributed by atoms with E-state index in [1.54, 1.807) is 25.3 Å². The number of allylic oxidation sites excluding steroid dienone is 1. The van der Waals surface area contributed by atoms with Gasteiger partial charge in [-0.25, -0.2) is 0 Å². The summed E-state index contributed by atoms with van der Waals surface area (Å²) in [5.74, 6) is 1.25. The Labute approximate surface area is 192 Å². The van der Waals surface area contributed by atoms with Crippen LogP contribution in [-0.2, 0) is 6.61 Å². The van der Waals surface area contributed by atoms with E-state index in [9.17, 15) is 4.79 Å². The van der Waals surface area contributed by atoms with E-state index in [0.29, 0.717) is 28.7 Å². The summed E-state index contributed by atoms with van der Waals surface area (Å²) in [6.45, 7) is 0.293. The number of benzene rings is 3. The number of ketones is 1. The molecule has 5 heteroatoms. The van der Waals surface area contributed by atoms with Gasteiger partial charge in [0.15, 0.2) is 5.78 Å². The Morgan fingerprint density at radius 2 is 1.75 bits per heavy atom. The third kappa shape index (κ3) is 5.10. The van der Waals surface area contributed by atoms with Crippen molar-refractivity contribution in [3.05, 3.63) is 119 Å². The lowest BCUT2D eigenvalue weighted by atomic mass is 10.1. The molecule has 4 rings (SSSR count). The molecular formula is C27H22ClNO3. The number of para-hydroxylation sites is 1. The van der Waals surface area contributed by atoms with Crippen LogP contribution in [0.2, 0.25) is 5.02 Å². The van der Waals surface area contributed by atoms with Crippen LogP contribution in [0.25, 0.3) is 11.8 Å². The van der Waals surface area contributed by atoms with Gasteiger partial charge in [0.05, 0.1) is 12.1 Å². The highest BCUT2D eigenvalue weighted by molar-refractivity contribution is 6.32. The number of hydrogen-bond donors (Lipinski definition) is 0. The predicted octanol–water partition coefficient (Wildman–Crippen LogP) is 6.61. The Kier molecular flexibility index (Phi) is 6.73. The Hall–Kier alpha value is -3.76. The molecule has 4 aromatic rings. The lowest BCUT2D eigenvalue weighted by molar-refractivity contribution is 0.104. The van der Waals surface area contributed by atoms with Gasteiger partial charge in [0.2, 0.25) is 0 Å². The van der Waals surface area contributed by atoms with Gasteiger partial charge in [-0.15, -0.1) is 0 Å². The molecule has 0 bridgehead atoms. The number of hydrogen-bond acceptors (Lipinski definition) is 3. The molecule has 0 fully saturated rings. The molecule has 0 radical (unpaired) electrons. The molecule has 4 nitrogen and oxygen atoms in total. The second-order valence-electron chi connectivity index (χ2n) is 7.13. The number of halogens is 1. The van der Waals surface area contributed by atoms with Crippen LogP contribution in [0.1, 0.15) is 21.5 Å². The average Bonchev–Trinajstić information content (AvgIpc) is 3.37. The van der Waals surface area contributed by atoms with Crippen molar-refractivity contribution in [1.29, 1.82) is 0 Å². The first-order chi connectivity index (χ1) is 15.6. The van der Waals surface area contributed by atoms with E-state index in [1.807, 2.05) is 89.8 Å². The van der Waals surface area contributed by atoms with Crippen molar-refractivity contribution in [2.24, 2.45) is 0 Å². The van der Waals surface area contributed by atoms with Gasteiger partial charge in [0.1, 0.15) is 18.1 Å². The maximum atomic E-state index is 12.7. The van der Waals surface area contributed by atoms with E-state index < -0.39 is 0 Å². The molecule has 0 aliphatic carbocycles. The monoisotopic (exact) mass is 443 g/mol. The second kappa shape index (κ2) is 10.0. The summed E-state index contributed by atoms with van der Waals surface area (Å²) < 4.78 is 13.3. The minimum absolute atomic E-state index is 0.0660. The first-order valence-electron chi connectivity index (χ1n) is 10.1. The van der Waals surface area contributed by atoms with E-state index in [4.69, 9.17) is 21.1 Å². The molecule has 0 amide bonds. The van der Waals surface area contributed by atoms with Crippen molar-refractivity contribution in [2.75, 3.05) is 7.11 Å². The third-order valence-corrected chi connectivity index (χ3v) is 5.30. The fourth-order valence-electron chi connectivity index (χ4n) is 3.33. The Balaban J connectivity index is 1.50. The fourth-order valence-corrected chi connectivity index (χ4v) is 3.52. The average molecular weight is 444 g/mol. The van der Waals surface area contributed by atoms with E-state index >= 15 is 0 Å². The molecule has 0 saturated heterocycles. The first-order valence-corrected chi connectivity index (χ1v) is 10.5. The minimum Gasteiger partial charge on any atom is -0.496 e. The van der Waals surface area contributed by atoms with E-state index in [0.717, 1.165) is 16.8 Å². The van der Waals surface area contributed by atoms with Gasteiger partial charge in [0, 0.05) is 29.2 Å². The molecule has 0 saturated carbocycles. The van der Waals surface area contributed by atoms with Gasteiger partial charge < -0.3 is 14.0 Å². The highest BCUT2D eigenvalue weighted by Gasteiger charge is 2.08. The molecule has 0 N–H and O–H groups in total. The van der Waals surface area contributed by atoms with Crippen LogP contribution in [0.5, 0.6) is 11.5 Å². The summed E-state index contributed by atoms with van der Waals surface area (Å²) in [7, 11) is 1.62. The number of nitrogens with zero attached hydrogens (tertiary/aromatic N) is 1. The SMILES string of the molecule is COc1ccc(/C=C/C(=O)c2cccc(-n3cccc3)c2)cc1COc1ccccc1Cl. The third-order valence-electron chi connectivity index (χ3n) is 4.98. The van der Waals surface area contributed by atoms with Gasteiger partial charge >= 0.3 is 0 Å². The van der Waals surface area contributed by atoms with Gasteiger partial charge in [-0.1, -0.05) is 48.0 Å². The van der Waals surface area contributed by atoms with E-state index in [2.05, 4.69) is 0 Å². The fraction of sp³-hybridized carbons (Fsp3) is 0.0741. The van der Waals surface area contributed by atoms with Crippen molar-refractivity contribution < 1.29 is 14.3 Å². The quantitative estimate of drug-likeness (QED) is 0.227. The first kappa shape index (κ1) is 21.5. The molecular weight excluding hydrogens is 422 g/mol. The van der Waals surface area contributed by atoms with Gasteiger partial charge in [-0.05, 0) is 60.2 Å². The maximum absolute atomic E-state index is 12.7. The molecule has 0 spiro atoms. The Morgan fingerprint density at radius 1 is 0.938 bits per heavy atom. The van der Waals surface area contributed by atoms with Crippen LogP contribution in [-0.4, -0.2) is 17.5 Å². The molecule has 0 aliphatic rings. The molecule has 32 heavy (non-hydrogen) atoms. The smallest absolute Gasteiger partial charge is 0.185 e. The van der Waals surface area contributed by atoms with Gasteiger partial charge in [-0.2, -0.15) is 0 Å². The summed E-state index contributed by atoms with van der Waals surface area (Å²) in [6.07, 6.45) is 7.27. The van der Waals surface area contributed by atoms with E-state index in [1.165, 1.54) is 0 Å². The van der Waals surface area contributed by atoms with Gasteiger partial charge in [0.25, 0.3) is 0 Å². The summed E-state index contributed by atoms with van der Waals surface area (Å²) in [4.78, 5) is 12.7. The molecule has 0 atom stereocenters. The molecule has 3 aromatic carbocycles. The molecule has 1 heterocycles. The highest BCUT2D eigenvalue weighted by atomic mass is 35.5. The van der Waals surface area contributed by atoms with Gasteiger partial charge in [-0.3, -0.25) is 4.79 Å². The maximum Gasteiger partial charge on any atom is 0.185 e. The number of carbonyl (C=O) groups excluding carboxylic acids is 1. The number of aromatic nitrogens is 1. The summed E-state index contributed by atoms with van der Waals surface area (Å²) >= 11 is 6.18. The molecule has 0 unspecified atom stereocenters. The van der Waals surface area contributed by atoms with Crippen molar-refractivity contribution >= 4 is 23.5 Å². The number of ether oxygens (including phenoxy) is 2. The van der Waals surface area contributed by atoms with Crippen LogP contribution >= 0.6 is 11.6 Å². The normalized spacial score (nSPS) is 10.9. The summed E-state index contributed by atoms with van der Waals surface area (Å²) in [5.41, 5.74) is 3.30. The topological polar surface area (TPSA) is 40.5 Å². The van der Waals surface area contributed by atoms with E-state index in [-0.39, 0.29) is 5.78 Å². The zero-order valence-electron chi connectivity index (χ0n) is 17.6. The number of carbonyl (C=O) groups is 1. The second-order valence-corrected chi connectivity index (χ2v) is 7.54. The van der Waals surface area contributed by atoms with Crippen molar-refractivity contribution in [3.8, 4) is 17.2 Å². The summed E-state index contributed by atoms with van der Waals surface area (Å²) in [5, 5.41) is 0.551. The number of methoxy groups -OCH3 is 1. The molecule has 1 aromatic heterocycles. The van der Waals surface area contributed by atoms with Crippen LogP contribution in [0.3, 0.4) is 0 Å². The Morgan fingerprint density at radius 3 is 2.53 bits per heavy atom. The Bertz CT molecular complexity index is 1250. The van der Waals surface area contributed by atoms with Crippen molar-refractivity contribution in [1.82, 2.24) is 4.57 Å². The largest absolute Gasteiger partial charge is 0.496 e. The van der Waals surface area contributed by atoms with Crippen molar-refractivity contribution in [2.45, 2.75) is 6.61 Å². The minimum atomic E-state index is -0.0660. The lowest BCUT2D eigenvalue weighted by Crippen LogP contribution is -2.00. The van der Waals surface area contributed by atoms with Crippen molar-refractivity contribution in [3.63, 3.8) is 0 Å². The molecule has 0 aliphatic heterocycles.